The van der Waals surface area contributed by atoms with Crippen LogP contribution in [0.25, 0.3) is 10.9 Å². The lowest BCUT2D eigenvalue weighted by molar-refractivity contribution is 0.244. The molecule has 0 atom stereocenters. The number of fused-ring (bicyclic) bond motifs is 1. The summed E-state index contributed by atoms with van der Waals surface area (Å²) < 4.78 is 5.48. The highest BCUT2D eigenvalue weighted by molar-refractivity contribution is 5.92. The van der Waals surface area contributed by atoms with Gasteiger partial charge in [0.15, 0.2) is 0 Å². The quantitative estimate of drug-likeness (QED) is 0.482. The molecular weight excluding hydrogens is 418 g/mol. The first kappa shape index (κ1) is 22.7. The number of carbonyl (C=O) groups is 1. The Labute approximate surface area is 193 Å². The van der Waals surface area contributed by atoms with Crippen LogP contribution in [0.4, 0.5) is 16.2 Å². The van der Waals surface area contributed by atoms with Gasteiger partial charge in [-0.1, -0.05) is 23.8 Å². The summed E-state index contributed by atoms with van der Waals surface area (Å²) in [5.74, 6) is 0.904. The van der Waals surface area contributed by atoms with Gasteiger partial charge in [0, 0.05) is 49.8 Å². The summed E-state index contributed by atoms with van der Waals surface area (Å²) in [7, 11) is 1.70. The Bertz CT molecular complexity index is 1170. The number of amides is 2. The van der Waals surface area contributed by atoms with Crippen LogP contribution in [0.3, 0.4) is 0 Å². The fraction of sp³-hybridized carbons (Fsp3) is 0.360. The van der Waals surface area contributed by atoms with Gasteiger partial charge in [-0.05, 0) is 44.2 Å². The summed E-state index contributed by atoms with van der Waals surface area (Å²) in [6, 6.07) is 13.4. The third-order valence-corrected chi connectivity index (χ3v) is 6.02. The van der Waals surface area contributed by atoms with Crippen LogP contribution in [0.2, 0.25) is 0 Å². The van der Waals surface area contributed by atoms with Gasteiger partial charge in [-0.3, -0.25) is 9.69 Å². The van der Waals surface area contributed by atoms with Crippen LogP contribution in [0.1, 0.15) is 12.0 Å². The number of ether oxygens (including phenoxy) is 1. The Morgan fingerprint density at radius 3 is 2.70 bits per heavy atom. The van der Waals surface area contributed by atoms with Crippen LogP contribution < -0.4 is 25.7 Å². The minimum Gasteiger partial charge on any atom is -0.495 e. The lowest BCUT2D eigenvalue weighted by atomic mass is 10.1. The highest BCUT2D eigenvalue weighted by Gasteiger charge is 2.19. The molecule has 0 aliphatic carbocycles. The molecule has 2 aromatic carbocycles. The monoisotopic (exact) mass is 449 g/mol. The van der Waals surface area contributed by atoms with Crippen LogP contribution >= 0.6 is 0 Å². The van der Waals surface area contributed by atoms with Gasteiger partial charge in [-0.25, -0.2) is 4.79 Å². The number of aromatic nitrogens is 1. The van der Waals surface area contributed by atoms with E-state index in [1.165, 1.54) is 0 Å². The molecule has 0 radical (unpaired) electrons. The zero-order chi connectivity index (χ0) is 23.2. The minimum atomic E-state index is -0.367. The van der Waals surface area contributed by atoms with Crippen LogP contribution in [-0.2, 0) is 0 Å². The van der Waals surface area contributed by atoms with E-state index in [1.807, 2.05) is 43.3 Å². The number of nitrogens with zero attached hydrogens (tertiary/aromatic N) is 2. The van der Waals surface area contributed by atoms with E-state index in [2.05, 4.69) is 31.5 Å². The second-order valence-electron chi connectivity index (χ2n) is 8.32. The molecule has 33 heavy (non-hydrogen) atoms. The zero-order valence-corrected chi connectivity index (χ0v) is 19.2. The molecule has 1 fully saturated rings. The summed E-state index contributed by atoms with van der Waals surface area (Å²) in [5.41, 5.74) is 2.95. The molecule has 0 bridgehead atoms. The minimum absolute atomic E-state index is 0.185. The molecule has 1 aliphatic heterocycles. The van der Waals surface area contributed by atoms with Gasteiger partial charge in [-0.15, -0.1) is 0 Å². The van der Waals surface area contributed by atoms with Crippen molar-refractivity contribution in [3.63, 3.8) is 0 Å². The lowest BCUT2D eigenvalue weighted by Gasteiger charge is -2.36. The first-order valence-electron chi connectivity index (χ1n) is 11.3. The van der Waals surface area contributed by atoms with Crippen LogP contribution in [-0.4, -0.2) is 62.3 Å². The average Bonchev–Trinajstić information content (AvgIpc) is 2.84. The van der Waals surface area contributed by atoms with Crippen LogP contribution in [0, 0.1) is 6.92 Å². The molecule has 174 valence electrons. The first-order chi connectivity index (χ1) is 16.0. The Balaban J connectivity index is 1.20. The SMILES string of the molecule is COc1ccccc1N1CCN(CCCNC(=O)Nc2c[nH]c3ccc(C)cc3c2=O)CC1. The van der Waals surface area contributed by atoms with Gasteiger partial charge in [-0.2, -0.15) is 0 Å². The predicted octanol–water partition coefficient (Wildman–Crippen LogP) is 3.18. The fourth-order valence-corrected chi connectivity index (χ4v) is 4.20. The molecule has 4 rings (SSSR count). The number of rotatable bonds is 7. The predicted molar refractivity (Wildman–Crippen MR) is 133 cm³/mol. The number of aromatic amines is 1. The highest BCUT2D eigenvalue weighted by atomic mass is 16.5. The number of urea groups is 1. The number of carbonyl (C=O) groups excluding carboxylic acids is 1. The van der Waals surface area contributed by atoms with Crippen molar-refractivity contribution in [3.8, 4) is 5.75 Å². The Morgan fingerprint density at radius 2 is 1.91 bits per heavy atom. The second-order valence-corrected chi connectivity index (χ2v) is 8.32. The standard InChI is InChI=1S/C25H31N5O3/c1-18-8-9-20-19(16-18)24(31)21(17-27-20)28-25(32)26-10-5-11-29-12-14-30(15-13-29)22-6-3-4-7-23(22)33-2/h3-4,6-9,16-17H,5,10-15H2,1-2H3,(H,27,31)(H2,26,28,32). The third kappa shape index (κ3) is 5.46. The number of anilines is 2. The van der Waals surface area contributed by atoms with Gasteiger partial charge in [0.25, 0.3) is 0 Å². The number of pyridine rings is 1. The zero-order valence-electron chi connectivity index (χ0n) is 19.2. The van der Waals surface area contributed by atoms with E-state index in [4.69, 9.17) is 4.74 Å². The van der Waals surface area contributed by atoms with Gasteiger partial charge < -0.3 is 25.3 Å². The van der Waals surface area contributed by atoms with E-state index >= 15 is 0 Å². The van der Waals surface area contributed by atoms with Gasteiger partial charge in [0.2, 0.25) is 5.43 Å². The Kier molecular flexibility index (Phi) is 7.14. The van der Waals surface area contributed by atoms with Gasteiger partial charge in [0.1, 0.15) is 11.4 Å². The molecule has 1 aliphatic rings. The summed E-state index contributed by atoms with van der Waals surface area (Å²) in [5, 5.41) is 6.09. The summed E-state index contributed by atoms with van der Waals surface area (Å²) in [4.78, 5) is 32.7. The number of para-hydroxylation sites is 2. The highest BCUT2D eigenvalue weighted by Crippen LogP contribution is 2.28. The normalized spacial score (nSPS) is 14.3. The number of H-pyrrole nitrogens is 1. The topological polar surface area (TPSA) is 89.7 Å². The molecule has 8 heteroatoms. The van der Waals surface area contributed by atoms with Gasteiger partial charge in [0.05, 0.1) is 12.8 Å². The summed E-state index contributed by atoms with van der Waals surface area (Å²) >= 11 is 0. The van der Waals surface area contributed by atoms with Crippen LogP contribution in [0.5, 0.6) is 5.75 Å². The van der Waals surface area contributed by atoms with Crippen molar-refractivity contribution in [3.05, 3.63) is 64.4 Å². The smallest absolute Gasteiger partial charge is 0.319 e. The summed E-state index contributed by atoms with van der Waals surface area (Å²) in [6.45, 7) is 7.21. The number of hydrogen-bond acceptors (Lipinski definition) is 5. The number of piperazine rings is 1. The number of benzene rings is 2. The largest absolute Gasteiger partial charge is 0.495 e. The lowest BCUT2D eigenvalue weighted by Crippen LogP contribution is -2.47. The maximum atomic E-state index is 12.6. The van der Waals surface area contributed by atoms with Crippen molar-refractivity contribution in [2.45, 2.75) is 13.3 Å². The maximum absolute atomic E-state index is 12.6. The molecule has 2 amide bonds. The first-order valence-corrected chi connectivity index (χ1v) is 11.3. The van der Waals surface area contributed by atoms with Crippen molar-refractivity contribution in [1.82, 2.24) is 15.2 Å². The molecule has 3 aromatic rings. The number of hydrogen-bond donors (Lipinski definition) is 3. The fourth-order valence-electron chi connectivity index (χ4n) is 4.20. The van der Waals surface area contributed by atoms with Crippen molar-refractivity contribution in [1.29, 1.82) is 0 Å². The van der Waals surface area contributed by atoms with E-state index in [1.54, 1.807) is 13.3 Å². The molecule has 1 saturated heterocycles. The maximum Gasteiger partial charge on any atom is 0.319 e. The summed E-state index contributed by atoms with van der Waals surface area (Å²) in [6.07, 6.45) is 2.39. The number of methoxy groups -OCH3 is 1. The van der Waals surface area contributed by atoms with E-state index in [9.17, 15) is 9.59 Å². The molecule has 1 aromatic heterocycles. The second kappa shape index (κ2) is 10.4. The van der Waals surface area contributed by atoms with Crippen LogP contribution in [0.15, 0.2) is 53.5 Å². The molecule has 3 N–H and O–H groups in total. The molecule has 2 heterocycles. The van der Waals surface area contributed by atoms with E-state index in [0.29, 0.717) is 11.9 Å². The number of nitrogens with one attached hydrogen (secondary N) is 3. The number of aryl methyl sites for hydroxylation is 1. The molecular formula is C25H31N5O3. The molecule has 0 spiro atoms. The third-order valence-electron chi connectivity index (χ3n) is 6.02. The Morgan fingerprint density at radius 1 is 1.12 bits per heavy atom. The van der Waals surface area contributed by atoms with Crippen molar-refractivity contribution in [2.24, 2.45) is 0 Å². The van der Waals surface area contributed by atoms with Crippen molar-refractivity contribution < 1.29 is 9.53 Å². The molecule has 0 unspecified atom stereocenters. The Hall–Kier alpha value is -3.52. The van der Waals surface area contributed by atoms with E-state index < -0.39 is 0 Å². The average molecular weight is 450 g/mol. The van der Waals surface area contributed by atoms with E-state index in [0.717, 1.165) is 61.7 Å². The van der Waals surface area contributed by atoms with Crippen molar-refractivity contribution >= 4 is 28.3 Å². The molecule has 0 saturated carbocycles. The van der Waals surface area contributed by atoms with Gasteiger partial charge >= 0.3 is 6.03 Å². The van der Waals surface area contributed by atoms with Crippen molar-refractivity contribution in [2.75, 3.05) is 56.6 Å². The van der Waals surface area contributed by atoms with E-state index in [-0.39, 0.29) is 17.1 Å². The molecule has 8 nitrogen and oxygen atoms in total.